The number of amides is 2. The van der Waals surface area contributed by atoms with Gasteiger partial charge in [-0.15, -0.1) is 0 Å². The molecule has 3 atom stereocenters. The summed E-state index contributed by atoms with van der Waals surface area (Å²) < 4.78 is 9.04. The van der Waals surface area contributed by atoms with Crippen LogP contribution in [0.1, 0.15) is 87.7 Å². The number of nitrogens with zero attached hydrogens (tertiary/aromatic N) is 6. The molecule has 4 aromatic rings. The topological polar surface area (TPSA) is 132 Å². The number of nitrogens with one attached hydrogen (secondary N) is 1. The highest BCUT2D eigenvalue weighted by atomic mass is 79.9. The van der Waals surface area contributed by atoms with Gasteiger partial charge < -0.3 is 14.6 Å². The van der Waals surface area contributed by atoms with Crippen molar-refractivity contribution in [3.05, 3.63) is 63.9 Å². The van der Waals surface area contributed by atoms with Crippen molar-refractivity contribution in [1.82, 2.24) is 29.6 Å². The number of pyridine rings is 1. The van der Waals surface area contributed by atoms with Crippen molar-refractivity contribution in [2.75, 3.05) is 5.32 Å². The maximum absolute atomic E-state index is 14.1. The first-order valence-electron chi connectivity index (χ1n) is 17.6. The Kier molecular flexibility index (Phi) is 8.46. The summed E-state index contributed by atoms with van der Waals surface area (Å²) >= 11 is 3.38. The molecule has 2 aliphatic carbocycles. The number of ketones is 1. The second kappa shape index (κ2) is 12.1. The van der Waals surface area contributed by atoms with Gasteiger partial charge in [0.1, 0.15) is 34.3 Å². The maximum atomic E-state index is 14.1. The fraction of sp³-hybridized carbons (Fsp3) is 0.500. The zero-order chi connectivity index (χ0) is 36.8. The van der Waals surface area contributed by atoms with E-state index in [9.17, 15) is 14.4 Å². The summed E-state index contributed by atoms with van der Waals surface area (Å²) in [6.07, 6.45) is 6.91. The molecular formula is C38H46BrN7O4Si. The Morgan fingerprint density at radius 2 is 1.73 bits per heavy atom. The maximum Gasteiger partial charge on any atom is 0.248 e. The molecule has 0 radical (unpaired) electrons. The number of halogens is 1. The molecule has 1 aromatic carbocycles. The van der Waals surface area contributed by atoms with E-state index in [1.165, 1.54) is 6.92 Å². The number of benzene rings is 1. The molecule has 3 aromatic heterocycles. The van der Waals surface area contributed by atoms with Gasteiger partial charge in [-0.2, -0.15) is 5.10 Å². The molecule has 1 aliphatic heterocycles. The number of Topliss-reactive ketones (excluding diaryl/α,β-unsaturated/α-hetero) is 1. The molecule has 3 fully saturated rings. The lowest BCUT2D eigenvalue weighted by Crippen LogP contribution is -2.47. The van der Waals surface area contributed by atoms with Crippen molar-refractivity contribution >= 4 is 58.6 Å². The van der Waals surface area contributed by atoms with Crippen molar-refractivity contribution in [2.45, 2.75) is 117 Å². The Morgan fingerprint density at radius 3 is 2.35 bits per heavy atom. The highest BCUT2D eigenvalue weighted by Gasteiger charge is 2.64. The Labute approximate surface area is 308 Å². The second-order valence-corrected chi connectivity index (χ2v) is 22.1. The summed E-state index contributed by atoms with van der Waals surface area (Å²) in [5.74, 6) is 0.524. The summed E-state index contributed by atoms with van der Waals surface area (Å²) in [6.45, 7) is 18.6. The van der Waals surface area contributed by atoms with Gasteiger partial charge in [0.05, 0.1) is 5.52 Å². The van der Waals surface area contributed by atoms with E-state index in [0.29, 0.717) is 39.3 Å². The molecular weight excluding hydrogens is 726 g/mol. The smallest absolute Gasteiger partial charge is 0.248 e. The van der Waals surface area contributed by atoms with E-state index in [-0.39, 0.29) is 40.6 Å². The fourth-order valence-electron chi connectivity index (χ4n) is 7.31. The van der Waals surface area contributed by atoms with Gasteiger partial charge in [-0.1, -0.05) is 33.8 Å². The fourth-order valence-corrected chi connectivity index (χ4v) is 9.20. The van der Waals surface area contributed by atoms with Crippen LogP contribution in [0.5, 0.6) is 0 Å². The van der Waals surface area contributed by atoms with Crippen molar-refractivity contribution in [3.8, 4) is 11.1 Å². The third kappa shape index (κ3) is 6.35. The first-order valence-corrected chi connectivity index (χ1v) is 21.3. The molecule has 2 amide bonds. The van der Waals surface area contributed by atoms with Crippen LogP contribution in [-0.2, 0) is 26.2 Å². The quantitative estimate of drug-likeness (QED) is 0.105. The van der Waals surface area contributed by atoms with Crippen LogP contribution in [0.25, 0.3) is 22.0 Å². The number of rotatable bonds is 9. The molecule has 1 saturated heterocycles. The van der Waals surface area contributed by atoms with Gasteiger partial charge in [-0.3, -0.25) is 19.1 Å². The number of hydrogen-bond donors (Lipinski definition) is 1. The Morgan fingerprint density at radius 1 is 1.04 bits per heavy atom. The lowest BCUT2D eigenvalue weighted by molar-refractivity contribution is -0.138. The largest absolute Gasteiger partial charge is 0.404 e. The van der Waals surface area contributed by atoms with Crippen LogP contribution in [0.4, 0.5) is 5.82 Å². The molecule has 3 aliphatic rings. The van der Waals surface area contributed by atoms with E-state index in [1.807, 2.05) is 50.5 Å². The molecule has 2 saturated carbocycles. The predicted octanol–water partition coefficient (Wildman–Crippen LogP) is 7.50. The Hall–Kier alpha value is -3.81. The number of likely N-dealkylation sites (tertiary alicyclic amines) is 1. The van der Waals surface area contributed by atoms with E-state index in [0.717, 1.165) is 41.5 Å². The Balaban J connectivity index is 1.15. The van der Waals surface area contributed by atoms with E-state index >= 15 is 0 Å². The molecule has 0 spiro atoms. The summed E-state index contributed by atoms with van der Waals surface area (Å²) in [7, 11) is -2.02. The van der Waals surface area contributed by atoms with Gasteiger partial charge in [-0.25, -0.2) is 15.0 Å². The summed E-state index contributed by atoms with van der Waals surface area (Å²) in [6, 6.07) is 6.99. The van der Waals surface area contributed by atoms with Gasteiger partial charge in [0.2, 0.25) is 11.8 Å². The third-order valence-corrected chi connectivity index (χ3v) is 16.5. The highest BCUT2D eigenvalue weighted by molar-refractivity contribution is 9.10. The number of carbonyl (C=O) groups is 3. The van der Waals surface area contributed by atoms with Crippen LogP contribution in [-0.4, -0.2) is 67.6 Å². The molecule has 13 heteroatoms. The van der Waals surface area contributed by atoms with Crippen molar-refractivity contribution in [3.63, 3.8) is 0 Å². The van der Waals surface area contributed by atoms with Crippen molar-refractivity contribution in [2.24, 2.45) is 5.41 Å². The molecule has 0 unspecified atom stereocenters. The highest BCUT2D eigenvalue weighted by Crippen LogP contribution is 2.59. The number of piperidine rings is 1. The van der Waals surface area contributed by atoms with Crippen molar-refractivity contribution in [1.29, 1.82) is 0 Å². The second-order valence-electron chi connectivity index (χ2n) is 16.6. The van der Waals surface area contributed by atoms with Crippen LogP contribution in [0.15, 0.2) is 41.3 Å². The van der Waals surface area contributed by atoms with Crippen LogP contribution in [0.2, 0.25) is 18.1 Å². The molecule has 51 heavy (non-hydrogen) atoms. The van der Waals surface area contributed by atoms with E-state index in [1.54, 1.807) is 9.58 Å². The average Bonchev–Trinajstić information content (AvgIpc) is 3.89. The first kappa shape index (κ1) is 35.6. The van der Waals surface area contributed by atoms with E-state index in [4.69, 9.17) is 14.4 Å². The third-order valence-electron chi connectivity index (χ3n) is 11.5. The minimum atomic E-state index is -2.02. The monoisotopic (exact) mass is 771 g/mol. The number of carbonyl (C=O) groups excluding carboxylic acids is 3. The van der Waals surface area contributed by atoms with Crippen LogP contribution in [0.3, 0.4) is 0 Å². The van der Waals surface area contributed by atoms with Crippen LogP contribution in [0, 0.1) is 19.3 Å². The number of hydrogen-bond acceptors (Lipinski definition) is 8. The number of anilines is 1. The van der Waals surface area contributed by atoms with E-state index < -0.39 is 20.0 Å². The van der Waals surface area contributed by atoms with Crippen molar-refractivity contribution < 1.29 is 18.8 Å². The van der Waals surface area contributed by atoms with Crippen LogP contribution >= 0.6 is 15.9 Å². The lowest BCUT2D eigenvalue weighted by atomic mass is 10.0. The first-order chi connectivity index (χ1) is 23.8. The molecule has 0 bridgehead atoms. The van der Waals surface area contributed by atoms with Gasteiger partial charge >= 0.3 is 0 Å². The lowest BCUT2D eigenvalue weighted by Gasteiger charge is -2.39. The SMILES string of the molecule is CC(=O)c1nn(CC(=O)N2[C@H](C(=O)Nc3nc(Br)ccc3C)C[C@@]3(C)C[C@@H]23)c2c(C)cc(-c3cnc(C4(O[Si](C)(C)C(C)(C)C)CC4)nc3)cc12. The van der Waals surface area contributed by atoms with Gasteiger partial charge in [0.25, 0.3) is 0 Å². The zero-order valence-electron chi connectivity index (χ0n) is 30.8. The number of fused-ring (bicyclic) bond motifs is 2. The molecule has 268 valence electrons. The average molecular weight is 773 g/mol. The predicted molar refractivity (Wildman–Crippen MR) is 202 cm³/mol. The van der Waals surface area contributed by atoms with Crippen LogP contribution < -0.4 is 5.32 Å². The summed E-state index contributed by atoms with van der Waals surface area (Å²) in [5.41, 5.74) is 3.85. The molecule has 11 nitrogen and oxygen atoms in total. The van der Waals surface area contributed by atoms with Gasteiger partial charge in [0, 0.05) is 36.3 Å². The molecule has 7 rings (SSSR count). The summed E-state index contributed by atoms with van der Waals surface area (Å²) in [5, 5.41) is 8.38. The van der Waals surface area contributed by atoms with E-state index in [2.05, 4.69) is 72.1 Å². The van der Waals surface area contributed by atoms with Gasteiger partial charge in [0.15, 0.2) is 19.9 Å². The number of aromatic nitrogens is 5. The summed E-state index contributed by atoms with van der Waals surface area (Å²) in [4.78, 5) is 56.4. The minimum Gasteiger partial charge on any atom is -0.404 e. The zero-order valence-corrected chi connectivity index (χ0v) is 33.4. The molecule has 4 heterocycles. The Bertz CT molecular complexity index is 2100. The van der Waals surface area contributed by atoms with Gasteiger partial charge in [-0.05, 0) is 114 Å². The normalized spacial score (nSPS) is 22.2. The minimum absolute atomic E-state index is 0.0239. The standard InChI is InChI=1S/C38H46BrN7O4Si/c1-21-10-11-29(39)42-33(21)43-34(49)27-16-37(7)17-28(37)46(27)30(48)20-45-32-22(2)14-24(15-26(32)31(44-45)23(3)47)25-18-40-35(41-19-25)38(12-13-38)50-51(8,9)36(4,5)6/h10-11,14-15,18-19,27-28H,12-13,16-17,20H2,1-9H3,(H,42,43,49)/t27-,28+,37-/m0/s1. The number of aryl methyl sites for hydroxylation is 2. The molecule has 1 N–H and O–H groups in total.